The minimum Gasteiger partial charge on any atom is -0.344 e. The largest absolute Gasteiger partial charge is 0.344 e. The average molecular weight is 301 g/mol. The lowest BCUT2D eigenvalue weighted by Gasteiger charge is -2.15. The summed E-state index contributed by atoms with van der Waals surface area (Å²) in [6, 6.07) is 2.91. The van der Waals surface area contributed by atoms with Gasteiger partial charge in [0.2, 0.25) is 15.9 Å². The topological polar surface area (TPSA) is 92.5 Å². The SMILES string of the molecule is CN1CCC(NS(=O)(=O)c2cccc(F)c2CN)C1=O. The highest BCUT2D eigenvalue weighted by Crippen LogP contribution is 2.20. The molecule has 1 amide bonds. The molecule has 1 aromatic carbocycles. The van der Waals surface area contributed by atoms with Gasteiger partial charge in [-0.2, -0.15) is 4.72 Å². The maximum atomic E-state index is 13.6. The highest BCUT2D eigenvalue weighted by Gasteiger charge is 2.33. The molecule has 1 fully saturated rings. The zero-order valence-electron chi connectivity index (χ0n) is 11.0. The Morgan fingerprint density at radius 3 is 2.75 bits per heavy atom. The highest BCUT2D eigenvalue weighted by atomic mass is 32.2. The number of hydrogen-bond acceptors (Lipinski definition) is 4. The summed E-state index contributed by atoms with van der Waals surface area (Å²) in [5.41, 5.74) is 5.31. The molecule has 0 aromatic heterocycles. The minimum absolute atomic E-state index is 0.0844. The van der Waals surface area contributed by atoms with Crippen LogP contribution in [0.2, 0.25) is 0 Å². The monoisotopic (exact) mass is 301 g/mol. The third-order valence-corrected chi connectivity index (χ3v) is 4.85. The van der Waals surface area contributed by atoms with Crippen molar-refractivity contribution in [1.82, 2.24) is 9.62 Å². The second-order valence-corrected chi connectivity index (χ2v) is 6.33. The summed E-state index contributed by atoms with van der Waals surface area (Å²) in [5, 5.41) is 0. The average Bonchev–Trinajstić information content (AvgIpc) is 2.70. The molecule has 1 saturated heterocycles. The van der Waals surface area contributed by atoms with Gasteiger partial charge in [-0.1, -0.05) is 6.07 Å². The Hall–Kier alpha value is -1.51. The first-order valence-electron chi connectivity index (χ1n) is 6.11. The van der Waals surface area contributed by atoms with Gasteiger partial charge in [0.15, 0.2) is 0 Å². The molecule has 0 bridgehead atoms. The van der Waals surface area contributed by atoms with E-state index in [0.717, 1.165) is 6.07 Å². The molecule has 20 heavy (non-hydrogen) atoms. The van der Waals surface area contributed by atoms with Crippen molar-refractivity contribution in [3.8, 4) is 0 Å². The van der Waals surface area contributed by atoms with Gasteiger partial charge in [-0.25, -0.2) is 12.8 Å². The fraction of sp³-hybridized carbons (Fsp3) is 0.417. The zero-order valence-corrected chi connectivity index (χ0v) is 11.8. The molecule has 6 nitrogen and oxygen atoms in total. The van der Waals surface area contributed by atoms with Crippen LogP contribution in [0.4, 0.5) is 4.39 Å². The third-order valence-electron chi connectivity index (χ3n) is 3.29. The van der Waals surface area contributed by atoms with Crippen LogP contribution in [-0.2, 0) is 21.4 Å². The fourth-order valence-corrected chi connectivity index (χ4v) is 3.65. The maximum absolute atomic E-state index is 13.6. The van der Waals surface area contributed by atoms with Crippen LogP contribution in [0.3, 0.4) is 0 Å². The van der Waals surface area contributed by atoms with E-state index >= 15 is 0 Å². The molecular weight excluding hydrogens is 285 g/mol. The highest BCUT2D eigenvalue weighted by molar-refractivity contribution is 7.89. The quantitative estimate of drug-likeness (QED) is 0.805. The first-order valence-corrected chi connectivity index (χ1v) is 7.60. The Bertz CT molecular complexity index is 633. The fourth-order valence-electron chi connectivity index (χ4n) is 2.17. The van der Waals surface area contributed by atoms with E-state index in [9.17, 15) is 17.6 Å². The van der Waals surface area contributed by atoms with Gasteiger partial charge in [-0.3, -0.25) is 4.79 Å². The number of carbonyl (C=O) groups is 1. The molecule has 1 unspecified atom stereocenters. The van der Waals surface area contributed by atoms with E-state index in [1.54, 1.807) is 7.05 Å². The number of hydrogen-bond donors (Lipinski definition) is 2. The molecule has 0 aliphatic carbocycles. The summed E-state index contributed by atoms with van der Waals surface area (Å²) >= 11 is 0. The number of nitrogens with two attached hydrogens (primary N) is 1. The molecule has 0 saturated carbocycles. The molecule has 1 aliphatic heterocycles. The minimum atomic E-state index is -3.98. The van der Waals surface area contributed by atoms with Crippen LogP contribution in [0.5, 0.6) is 0 Å². The summed E-state index contributed by atoms with van der Waals surface area (Å²) in [6.07, 6.45) is 0.391. The lowest BCUT2D eigenvalue weighted by molar-refractivity contribution is -0.127. The van der Waals surface area contributed by atoms with Gasteiger partial charge in [-0.15, -0.1) is 0 Å². The molecule has 1 heterocycles. The Morgan fingerprint density at radius 1 is 1.50 bits per heavy atom. The lowest BCUT2D eigenvalue weighted by Crippen LogP contribution is -2.40. The molecule has 1 aliphatic rings. The maximum Gasteiger partial charge on any atom is 0.241 e. The van der Waals surface area contributed by atoms with Gasteiger partial charge < -0.3 is 10.6 Å². The van der Waals surface area contributed by atoms with Gasteiger partial charge in [-0.05, 0) is 18.6 Å². The number of nitrogens with zero attached hydrogens (tertiary/aromatic N) is 1. The first kappa shape index (κ1) is 14.9. The molecule has 0 radical (unpaired) electrons. The van der Waals surface area contributed by atoms with Crippen LogP contribution in [-0.4, -0.2) is 38.9 Å². The third kappa shape index (κ3) is 2.67. The predicted molar refractivity (Wildman–Crippen MR) is 70.7 cm³/mol. The van der Waals surface area contributed by atoms with Gasteiger partial charge in [0, 0.05) is 25.7 Å². The van der Waals surface area contributed by atoms with Crippen molar-refractivity contribution in [3.05, 3.63) is 29.6 Å². The van der Waals surface area contributed by atoms with Crippen molar-refractivity contribution in [2.45, 2.75) is 23.9 Å². The first-order chi connectivity index (χ1) is 9.36. The number of likely N-dealkylation sites (N-methyl/N-ethyl adjacent to an activating group) is 1. The Kier molecular flexibility index (Phi) is 4.07. The Labute approximate surface area is 116 Å². The van der Waals surface area contributed by atoms with Crippen molar-refractivity contribution >= 4 is 15.9 Å². The number of amides is 1. The van der Waals surface area contributed by atoms with E-state index in [-0.39, 0.29) is 22.9 Å². The van der Waals surface area contributed by atoms with E-state index < -0.39 is 21.9 Å². The molecule has 0 spiro atoms. The van der Waals surface area contributed by atoms with Crippen molar-refractivity contribution in [1.29, 1.82) is 0 Å². The summed E-state index contributed by atoms with van der Waals surface area (Å²) in [7, 11) is -2.38. The summed E-state index contributed by atoms with van der Waals surface area (Å²) in [6.45, 7) is 0.250. The van der Waals surface area contributed by atoms with E-state index in [1.807, 2.05) is 0 Å². The zero-order chi connectivity index (χ0) is 14.9. The van der Waals surface area contributed by atoms with E-state index in [0.29, 0.717) is 13.0 Å². The Morgan fingerprint density at radius 2 is 2.20 bits per heavy atom. The second kappa shape index (κ2) is 5.47. The number of sulfonamides is 1. The lowest BCUT2D eigenvalue weighted by atomic mass is 10.2. The van der Waals surface area contributed by atoms with E-state index in [1.165, 1.54) is 17.0 Å². The van der Waals surface area contributed by atoms with Gasteiger partial charge in [0.25, 0.3) is 0 Å². The predicted octanol–water partition coefficient (Wildman–Crippen LogP) is -0.207. The number of carbonyl (C=O) groups excluding carboxylic acids is 1. The van der Waals surface area contributed by atoms with Crippen molar-refractivity contribution < 1.29 is 17.6 Å². The molecule has 8 heteroatoms. The summed E-state index contributed by atoms with van der Waals surface area (Å²) < 4.78 is 40.4. The molecular formula is C12H16FN3O3S. The van der Waals surface area contributed by atoms with Crippen molar-refractivity contribution in [2.24, 2.45) is 5.73 Å². The number of nitrogens with one attached hydrogen (secondary N) is 1. The summed E-state index contributed by atoms with van der Waals surface area (Å²) in [5.74, 6) is -0.968. The smallest absolute Gasteiger partial charge is 0.241 e. The van der Waals surface area contributed by atoms with Gasteiger partial charge in [0.1, 0.15) is 11.9 Å². The molecule has 1 aromatic rings. The molecule has 1 atom stereocenters. The number of halogens is 1. The van der Waals surface area contributed by atoms with Gasteiger partial charge >= 0.3 is 0 Å². The van der Waals surface area contributed by atoms with Crippen LogP contribution >= 0.6 is 0 Å². The van der Waals surface area contributed by atoms with Crippen molar-refractivity contribution in [2.75, 3.05) is 13.6 Å². The number of likely N-dealkylation sites (tertiary alicyclic amines) is 1. The van der Waals surface area contributed by atoms with E-state index in [4.69, 9.17) is 5.73 Å². The van der Waals surface area contributed by atoms with Crippen LogP contribution in [0, 0.1) is 5.82 Å². The summed E-state index contributed by atoms with van der Waals surface area (Å²) in [4.78, 5) is 13.0. The normalized spacial score (nSPS) is 19.6. The Balaban J connectivity index is 2.32. The standard InChI is InChI=1S/C12H16FN3O3S/c1-16-6-5-10(12(16)17)15-20(18,19)11-4-2-3-9(13)8(11)7-14/h2-4,10,15H,5-7,14H2,1H3. The van der Waals surface area contributed by atoms with Crippen LogP contribution in [0.15, 0.2) is 23.1 Å². The van der Waals surface area contributed by atoms with Crippen LogP contribution in [0.25, 0.3) is 0 Å². The van der Waals surface area contributed by atoms with Crippen LogP contribution in [0.1, 0.15) is 12.0 Å². The molecule has 3 N–H and O–H groups in total. The molecule has 2 rings (SSSR count). The van der Waals surface area contributed by atoms with Crippen LogP contribution < -0.4 is 10.5 Å². The second-order valence-electron chi connectivity index (χ2n) is 4.64. The molecule has 110 valence electrons. The number of benzene rings is 1. The van der Waals surface area contributed by atoms with Gasteiger partial charge in [0.05, 0.1) is 4.90 Å². The van der Waals surface area contributed by atoms with E-state index in [2.05, 4.69) is 4.72 Å². The number of rotatable bonds is 4. The van der Waals surface area contributed by atoms with Crippen molar-refractivity contribution in [3.63, 3.8) is 0 Å².